The normalized spacial score (nSPS) is 29.3. The lowest BCUT2D eigenvalue weighted by Crippen LogP contribution is -2.54. The van der Waals surface area contributed by atoms with Crippen molar-refractivity contribution < 1.29 is 0 Å². The van der Waals surface area contributed by atoms with E-state index >= 15 is 0 Å². The van der Waals surface area contributed by atoms with Gasteiger partial charge in [0.25, 0.3) is 0 Å². The van der Waals surface area contributed by atoms with Gasteiger partial charge >= 0.3 is 0 Å². The molecule has 78 valence electrons. The summed E-state index contributed by atoms with van der Waals surface area (Å²) in [6, 6.07) is 1.25. The molecule has 1 N–H and O–H groups in total. The Kier molecular flexibility index (Phi) is 3.15. The summed E-state index contributed by atoms with van der Waals surface area (Å²) in [5.41, 5.74) is 1.91. The van der Waals surface area contributed by atoms with Gasteiger partial charge in [-0.2, -0.15) is 0 Å². The van der Waals surface area contributed by atoms with E-state index in [1.54, 1.807) is 11.3 Å². The van der Waals surface area contributed by atoms with E-state index in [4.69, 9.17) is 0 Å². The summed E-state index contributed by atoms with van der Waals surface area (Å²) < 4.78 is 0. The Morgan fingerprint density at radius 1 is 1.50 bits per heavy atom. The first-order chi connectivity index (χ1) is 6.77. The Morgan fingerprint density at radius 2 is 2.21 bits per heavy atom. The highest BCUT2D eigenvalue weighted by Crippen LogP contribution is 2.16. The number of hydrogen-bond acceptors (Lipinski definition) is 4. The molecule has 0 radical (unpaired) electrons. The van der Waals surface area contributed by atoms with Crippen LogP contribution in [0.25, 0.3) is 0 Å². The summed E-state index contributed by atoms with van der Waals surface area (Å²) >= 11 is 1.75. The van der Waals surface area contributed by atoms with Crippen LogP contribution >= 0.6 is 11.3 Å². The van der Waals surface area contributed by atoms with Crippen LogP contribution in [-0.2, 0) is 6.54 Å². The van der Waals surface area contributed by atoms with E-state index in [-0.39, 0.29) is 0 Å². The van der Waals surface area contributed by atoms with Crippen molar-refractivity contribution in [3.8, 4) is 0 Å². The molecule has 0 spiro atoms. The second-order valence-electron chi connectivity index (χ2n) is 4.00. The number of hydrogen-bond donors (Lipinski definition) is 1. The van der Waals surface area contributed by atoms with Crippen molar-refractivity contribution in [2.45, 2.75) is 32.5 Å². The summed E-state index contributed by atoms with van der Waals surface area (Å²) in [7, 11) is 0. The molecule has 0 saturated carbocycles. The van der Waals surface area contributed by atoms with E-state index in [9.17, 15) is 0 Å². The second kappa shape index (κ2) is 4.38. The third-order valence-electron chi connectivity index (χ3n) is 2.83. The first-order valence-electron chi connectivity index (χ1n) is 5.11. The Hall–Kier alpha value is -0.450. The fourth-order valence-corrected chi connectivity index (χ4v) is 2.58. The third kappa shape index (κ3) is 2.13. The van der Waals surface area contributed by atoms with Gasteiger partial charge in [-0.3, -0.25) is 9.88 Å². The number of nitrogens with zero attached hydrogens (tertiary/aromatic N) is 2. The van der Waals surface area contributed by atoms with Crippen molar-refractivity contribution >= 4 is 11.3 Å². The Bertz CT molecular complexity index is 263. The summed E-state index contributed by atoms with van der Waals surface area (Å²) in [5.74, 6) is 0. The van der Waals surface area contributed by atoms with Crippen molar-refractivity contribution in [3.05, 3.63) is 16.6 Å². The zero-order valence-corrected chi connectivity index (χ0v) is 9.55. The SMILES string of the molecule is CC1CNCC(C)N1Cc1cncs1. The predicted octanol–water partition coefficient (Wildman–Crippen LogP) is 1.33. The molecule has 3 nitrogen and oxygen atoms in total. The molecule has 4 heteroatoms. The summed E-state index contributed by atoms with van der Waals surface area (Å²) in [6.45, 7) is 7.81. The molecule has 0 amide bonds. The highest BCUT2D eigenvalue weighted by atomic mass is 32.1. The monoisotopic (exact) mass is 211 g/mol. The highest BCUT2D eigenvalue weighted by molar-refractivity contribution is 7.09. The molecule has 2 unspecified atom stereocenters. The summed E-state index contributed by atoms with van der Waals surface area (Å²) in [5, 5.41) is 3.44. The third-order valence-corrected chi connectivity index (χ3v) is 3.60. The van der Waals surface area contributed by atoms with Crippen LogP contribution in [0, 0.1) is 0 Å². The van der Waals surface area contributed by atoms with Crippen molar-refractivity contribution in [1.29, 1.82) is 0 Å². The van der Waals surface area contributed by atoms with Crippen molar-refractivity contribution in [2.75, 3.05) is 13.1 Å². The van der Waals surface area contributed by atoms with Crippen LogP contribution < -0.4 is 5.32 Å². The zero-order chi connectivity index (χ0) is 9.97. The fraction of sp³-hybridized carbons (Fsp3) is 0.700. The molecule has 1 aliphatic rings. The molecule has 0 bridgehead atoms. The van der Waals surface area contributed by atoms with Gasteiger partial charge in [0.2, 0.25) is 0 Å². The maximum Gasteiger partial charge on any atom is 0.0794 e. The minimum Gasteiger partial charge on any atom is -0.314 e. The van der Waals surface area contributed by atoms with Gasteiger partial charge in [-0.05, 0) is 13.8 Å². The molecule has 2 atom stereocenters. The van der Waals surface area contributed by atoms with Gasteiger partial charge in [0.15, 0.2) is 0 Å². The number of piperazine rings is 1. The minimum absolute atomic E-state index is 0.626. The quantitative estimate of drug-likeness (QED) is 0.800. The lowest BCUT2D eigenvalue weighted by atomic mass is 10.1. The molecule has 0 aliphatic carbocycles. The Labute approximate surface area is 89.1 Å². The van der Waals surface area contributed by atoms with Crippen LogP contribution in [0.5, 0.6) is 0 Å². The van der Waals surface area contributed by atoms with Crippen LogP contribution in [-0.4, -0.2) is 35.1 Å². The van der Waals surface area contributed by atoms with Gasteiger partial charge in [0.05, 0.1) is 5.51 Å². The average molecular weight is 211 g/mol. The number of rotatable bonds is 2. The van der Waals surface area contributed by atoms with Gasteiger partial charge in [-0.25, -0.2) is 0 Å². The topological polar surface area (TPSA) is 28.2 Å². The van der Waals surface area contributed by atoms with Crippen molar-refractivity contribution in [3.63, 3.8) is 0 Å². The van der Waals surface area contributed by atoms with Gasteiger partial charge in [0, 0.05) is 42.8 Å². The maximum atomic E-state index is 4.11. The predicted molar refractivity (Wildman–Crippen MR) is 59.5 cm³/mol. The van der Waals surface area contributed by atoms with Gasteiger partial charge < -0.3 is 5.32 Å². The van der Waals surface area contributed by atoms with E-state index in [1.165, 1.54) is 4.88 Å². The van der Waals surface area contributed by atoms with E-state index < -0.39 is 0 Å². The standard InChI is InChI=1S/C10H17N3S/c1-8-3-11-4-9(2)13(8)6-10-5-12-7-14-10/h5,7-9,11H,3-4,6H2,1-2H3. The molecule has 1 fully saturated rings. The summed E-state index contributed by atoms with van der Waals surface area (Å²) in [6.07, 6.45) is 1.98. The smallest absolute Gasteiger partial charge is 0.0794 e. The van der Waals surface area contributed by atoms with E-state index in [1.807, 2.05) is 11.7 Å². The van der Waals surface area contributed by atoms with Crippen molar-refractivity contribution in [2.24, 2.45) is 0 Å². The molecule has 1 aliphatic heterocycles. The molecule has 1 aromatic rings. The number of thiazole rings is 1. The van der Waals surface area contributed by atoms with Gasteiger partial charge in [-0.15, -0.1) is 11.3 Å². The lowest BCUT2D eigenvalue weighted by molar-refractivity contribution is 0.110. The van der Waals surface area contributed by atoms with E-state index in [0.717, 1.165) is 19.6 Å². The highest BCUT2D eigenvalue weighted by Gasteiger charge is 2.24. The molecule has 2 rings (SSSR count). The largest absolute Gasteiger partial charge is 0.314 e. The van der Waals surface area contributed by atoms with E-state index in [2.05, 4.69) is 29.0 Å². The van der Waals surface area contributed by atoms with Crippen LogP contribution in [0.3, 0.4) is 0 Å². The number of aromatic nitrogens is 1. The number of nitrogens with one attached hydrogen (secondary N) is 1. The van der Waals surface area contributed by atoms with Gasteiger partial charge in [0.1, 0.15) is 0 Å². The molecular weight excluding hydrogens is 194 g/mol. The Morgan fingerprint density at radius 3 is 2.79 bits per heavy atom. The second-order valence-corrected chi connectivity index (χ2v) is 4.97. The van der Waals surface area contributed by atoms with Crippen molar-refractivity contribution in [1.82, 2.24) is 15.2 Å². The molecular formula is C10H17N3S. The van der Waals surface area contributed by atoms with Crippen LogP contribution in [0.4, 0.5) is 0 Å². The van der Waals surface area contributed by atoms with Crippen LogP contribution in [0.1, 0.15) is 18.7 Å². The maximum absolute atomic E-state index is 4.11. The average Bonchev–Trinajstić information content (AvgIpc) is 2.64. The summed E-state index contributed by atoms with van der Waals surface area (Å²) in [4.78, 5) is 8.03. The molecule has 1 saturated heterocycles. The first-order valence-corrected chi connectivity index (χ1v) is 5.99. The first kappa shape index (κ1) is 10.1. The van der Waals surface area contributed by atoms with Crippen LogP contribution in [0.15, 0.2) is 11.7 Å². The zero-order valence-electron chi connectivity index (χ0n) is 8.73. The molecule has 1 aromatic heterocycles. The fourth-order valence-electron chi connectivity index (χ4n) is 1.98. The molecule has 14 heavy (non-hydrogen) atoms. The lowest BCUT2D eigenvalue weighted by Gasteiger charge is -2.39. The molecule has 0 aromatic carbocycles. The molecule has 2 heterocycles. The minimum atomic E-state index is 0.626. The van der Waals surface area contributed by atoms with Gasteiger partial charge in [-0.1, -0.05) is 0 Å². The van der Waals surface area contributed by atoms with Crippen LogP contribution in [0.2, 0.25) is 0 Å². The van der Waals surface area contributed by atoms with E-state index in [0.29, 0.717) is 12.1 Å². The Balaban J connectivity index is 2.01.